The van der Waals surface area contributed by atoms with Crippen molar-refractivity contribution in [3.05, 3.63) is 23.4 Å². The molecule has 0 saturated heterocycles. The topological polar surface area (TPSA) is 82.5 Å². The molecule has 1 aromatic heterocycles. The molecule has 0 aliphatic carbocycles. The third-order valence-electron chi connectivity index (χ3n) is 3.39. The zero-order valence-corrected chi connectivity index (χ0v) is 13.1. The van der Waals surface area contributed by atoms with Crippen LogP contribution < -0.4 is 5.32 Å². The van der Waals surface area contributed by atoms with Gasteiger partial charge >= 0.3 is 5.97 Å². The maximum Gasteiger partial charge on any atom is 0.335 e. The molecule has 5 nitrogen and oxygen atoms in total. The van der Waals surface area contributed by atoms with Crippen molar-refractivity contribution in [2.45, 2.75) is 46.5 Å². The van der Waals surface area contributed by atoms with Crippen LogP contribution >= 0.6 is 0 Å². The van der Waals surface area contributed by atoms with E-state index in [1.54, 1.807) is 12.1 Å². The Bertz CT molecular complexity index is 473. The van der Waals surface area contributed by atoms with Crippen LogP contribution in [0.3, 0.4) is 0 Å². The lowest BCUT2D eigenvalue weighted by molar-refractivity contribution is 0.0696. The third kappa shape index (κ3) is 6.12. The molecule has 0 aromatic carbocycles. The molecular weight excluding hydrogens is 268 g/mol. The van der Waals surface area contributed by atoms with E-state index in [0.29, 0.717) is 12.4 Å². The molecule has 0 unspecified atom stereocenters. The van der Waals surface area contributed by atoms with Gasteiger partial charge in [-0.2, -0.15) is 0 Å². The molecule has 0 amide bonds. The number of aromatic carboxylic acids is 1. The summed E-state index contributed by atoms with van der Waals surface area (Å²) in [6, 6.07) is 3.21. The van der Waals surface area contributed by atoms with Crippen LogP contribution in [0.25, 0.3) is 0 Å². The molecular formula is C16H26N2O3. The predicted molar refractivity (Wildman–Crippen MR) is 83.8 cm³/mol. The molecule has 0 spiro atoms. The van der Waals surface area contributed by atoms with E-state index in [1.807, 2.05) is 6.92 Å². The molecule has 5 heteroatoms. The highest BCUT2D eigenvalue weighted by molar-refractivity contribution is 5.88. The molecule has 21 heavy (non-hydrogen) atoms. The van der Waals surface area contributed by atoms with Crippen LogP contribution in [-0.2, 0) is 6.42 Å². The molecule has 1 heterocycles. The number of hydrogen-bond acceptors (Lipinski definition) is 4. The first-order valence-electron chi connectivity index (χ1n) is 7.47. The van der Waals surface area contributed by atoms with Gasteiger partial charge in [0, 0.05) is 18.8 Å². The van der Waals surface area contributed by atoms with Gasteiger partial charge in [0.05, 0.1) is 5.56 Å². The van der Waals surface area contributed by atoms with Gasteiger partial charge in [0.15, 0.2) is 0 Å². The highest BCUT2D eigenvalue weighted by atomic mass is 16.4. The summed E-state index contributed by atoms with van der Waals surface area (Å²) in [5, 5.41) is 21.3. The van der Waals surface area contributed by atoms with Crippen molar-refractivity contribution in [3.63, 3.8) is 0 Å². The molecule has 0 aliphatic rings. The zero-order chi connectivity index (χ0) is 15.9. The smallest absolute Gasteiger partial charge is 0.335 e. The molecule has 118 valence electrons. The molecule has 3 N–H and O–H groups in total. The lowest BCUT2D eigenvalue weighted by atomic mass is 9.88. The minimum atomic E-state index is -0.933. The highest BCUT2D eigenvalue weighted by Gasteiger charge is 2.18. The normalized spacial score (nSPS) is 11.4. The number of carboxylic acids is 1. The van der Waals surface area contributed by atoms with Crippen molar-refractivity contribution in [1.29, 1.82) is 0 Å². The van der Waals surface area contributed by atoms with Crippen molar-refractivity contribution in [3.8, 4) is 0 Å². The number of rotatable bonds is 9. The van der Waals surface area contributed by atoms with Crippen LogP contribution in [0.5, 0.6) is 0 Å². The first kappa shape index (κ1) is 17.4. The van der Waals surface area contributed by atoms with Gasteiger partial charge in [0.25, 0.3) is 0 Å². The van der Waals surface area contributed by atoms with E-state index in [2.05, 4.69) is 24.1 Å². The summed E-state index contributed by atoms with van der Waals surface area (Å²) in [6.07, 6.45) is 3.36. The second kappa shape index (κ2) is 7.98. The Labute approximate surface area is 126 Å². The molecule has 0 aliphatic heterocycles. The molecule has 1 rings (SSSR count). The van der Waals surface area contributed by atoms with Crippen molar-refractivity contribution >= 4 is 11.8 Å². The molecule has 0 fully saturated rings. The number of aromatic nitrogens is 1. The summed E-state index contributed by atoms with van der Waals surface area (Å²) >= 11 is 0. The molecule has 0 radical (unpaired) electrons. The van der Waals surface area contributed by atoms with Gasteiger partial charge in [-0.15, -0.1) is 0 Å². The van der Waals surface area contributed by atoms with Crippen LogP contribution in [0, 0.1) is 5.41 Å². The first-order chi connectivity index (χ1) is 9.88. The number of anilines is 1. The highest BCUT2D eigenvalue weighted by Crippen LogP contribution is 2.23. The summed E-state index contributed by atoms with van der Waals surface area (Å²) in [4.78, 5) is 15.6. The quantitative estimate of drug-likeness (QED) is 0.652. The largest absolute Gasteiger partial charge is 0.478 e. The fourth-order valence-electron chi connectivity index (χ4n) is 2.16. The number of hydrogen-bond donors (Lipinski definition) is 3. The fraction of sp³-hybridized carbons (Fsp3) is 0.625. The number of carbonyl (C=O) groups is 1. The number of aryl methyl sites for hydroxylation is 1. The number of pyridine rings is 1. The van der Waals surface area contributed by atoms with E-state index in [4.69, 9.17) is 10.2 Å². The third-order valence-corrected chi connectivity index (χ3v) is 3.39. The monoisotopic (exact) mass is 294 g/mol. The Morgan fingerprint density at radius 2 is 2.10 bits per heavy atom. The lowest BCUT2D eigenvalue weighted by Gasteiger charge is -2.25. The predicted octanol–water partition coefficient (Wildman–Crippen LogP) is 2.94. The van der Waals surface area contributed by atoms with Crippen molar-refractivity contribution < 1.29 is 15.0 Å². The summed E-state index contributed by atoms with van der Waals surface area (Å²) in [5.74, 6) is -0.326. The number of aliphatic hydroxyl groups excluding tert-OH is 1. The molecule has 0 bridgehead atoms. The summed E-state index contributed by atoms with van der Waals surface area (Å²) < 4.78 is 0. The zero-order valence-electron chi connectivity index (χ0n) is 13.1. The van der Waals surface area contributed by atoms with E-state index in [1.165, 1.54) is 0 Å². The van der Waals surface area contributed by atoms with E-state index >= 15 is 0 Å². The number of carboxylic acid groups (broad SMARTS) is 1. The Kier molecular flexibility index (Phi) is 6.62. The molecule has 1 aromatic rings. The van der Waals surface area contributed by atoms with Crippen LogP contribution in [0.2, 0.25) is 0 Å². The van der Waals surface area contributed by atoms with Gasteiger partial charge < -0.3 is 15.5 Å². The average Bonchev–Trinajstić information content (AvgIpc) is 2.43. The van der Waals surface area contributed by atoms with Gasteiger partial charge in [-0.25, -0.2) is 9.78 Å². The average molecular weight is 294 g/mol. The van der Waals surface area contributed by atoms with Crippen LogP contribution in [-0.4, -0.2) is 34.3 Å². The van der Waals surface area contributed by atoms with Crippen LogP contribution in [0.15, 0.2) is 12.1 Å². The minimum absolute atomic E-state index is 0.0224. The van der Waals surface area contributed by atoms with E-state index in [0.717, 1.165) is 31.4 Å². The van der Waals surface area contributed by atoms with Crippen LogP contribution in [0.1, 0.15) is 56.1 Å². The second-order valence-corrected chi connectivity index (χ2v) is 6.13. The SMILES string of the molecule is CCCc1cc(C(=O)O)cc(NCC(C)(C)CCCO)n1. The standard InChI is InChI=1S/C16H26N2O3/c1-4-6-13-9-12(15(20)21)10-14(18-13)17-11-16(2,3)7-5-8-19/h9-10,19H,4-8,11H2,1-3H3,(H,17,18)(H,20,21). The number of nitrogens with one attached hydrogen (secondary N) is 1. The Hall–Kier alpha value is -1.62. The fourth-order valence-corrected chi connectivity index (χ4v) is 2.16. The van der Waals surface area contributed by atoms with Gasteiger partial charge in [-0.3, -0.25) is 0 Å². The second-order valence-electron chi connectivity index (χ2n) is 6.13. The van der Waals surface area contributed by atoms with E-state index in [9.17, 15) is 4.79 Å². The van der Waals surface area contributed by atoms with Gasteiger partial charge in [0.2, 0.25) is 0 Å². The maximum atomic E-state index is 11.2. The lowest BCUT2D eigenvalue weighted by Crippen LogP contribution is -2.24. The molecule has 0 atom stereocenters. The van der Waals surface area contributed by atoms with Crippen molar-refractivity contribution in [2.75, 3.05) is 18.5 Å². The Morgan fingerprint density at radius 1 is 1.38 bits per heavy atom. The van der Waals surface area contributed by atoms with E-state index in [-0.39, 0.29) is 17.6 Å². The maximum absolute atomic E-state index is 11.2. The first-order valence-corrected chi connectivity index (χ1v) is 7.47. The summed E-state index contributed by atoms with van der Waals surface area (Å²) in [5.41, 5.74) is 1.09. The summed E-state index contributed by atoms with van der Waals surface area (Å²) in [7, 11) is 0. The minimum Gasteiger partial charge on any atom is -0.478 e. The Balaban J connectivity index is 2.79. The Morgan fingerprint density at radius 3 is 2.67 bits per heavy atom. The van der Waals surface area contributed by atoms with E-state index < -0.39 is 5.97 Å². The van der Waals surface area contributed by atoms with Crippen LogP contribution in [0.4, 0.5) is 5.82 Å². The number of aliphatic hydroxyl groups is 1. The summed E-state index contributed by atoms with van der Waals surface area (Å²) in [6.45, 7) is 7.15. The van der Waals surface area contributed by atoms with Gasteiger partial charge in [0.1, 0.15) is 5.82 Å². The van der Waals surface area contributed by atoms with Crippen molar-refractivity contribution in [1.82, 2.24) is 4.98 Å². The number of nitrogens with zero attached hydrogens (tertiary/aromatic N) is 1. The molecule has 0 saturated carbocycles. The van der Waals surface area contributed by atoms with Crippen molar-refractivity contribution in [2.24, 2.45) is 5.41 Å². The van der Waals surface area contributed by atoms with Gasteiger partial charge in [-0.05, 0) is 36.8 Å². The van der Waals surface area contributed by atoms with Gasteiger partial charge in [-0.1, -0.05) is 27.2 Å².